The second-order valence-corrected chi connectivity index (χ2v) is 7.75. The smallest absolute Gasteiger partial charge is 0.265 e. The maximum atomic E-state index is 13.0. The molecule has 0 N–H and O–H groups in total. The molecule has 1 aromatic rings. The highest BCUT2D eigenvalue weighted by molar-refractivity contribution is 7.86. The Hall–Kier alpha value is -0.980. The summed E-state index contributed by atoms with van der Waals surface area (Å²) in [6.45, 7) is 1.97. The van der Waals surface area contributed by atoms with Gasteiger partial charge < -0.3 is 0 Å². The van der Waals surface area contributed by atoms with Crippen LogP contribution in [0.3, 0.4) is 0 Å². The number of rotatable bonds is 3. The minimum Gasteiger partial charge on any atom is -0.265 e. The summed E-state index contributed by atoms with van der Waals surface area (Å²) in [5.74, 6) is 0. The third-order valence-electron chi connectivity index (χ3n) is 4.48. The van der Waals surface area contributed by atoms with Gasteiger partial charge >= 0.3 is 0 Å². The van der Waals surface area contributed by atoms with E-state index in [1.807, 2.05) is 12.1 Å². The zero-order valence-electron chi connectivity index (χ0n) is 12.3. The van der Waals surface area contributed by atoms with Crippen molar-refractivity contribution in [2.75, 3.05) is 19.6 Å². The molecule has 5 nitrogen and oxygen atoms in total. The van der Waals surface area contributed by atoms with Crippen LogP contribution in [0.4, 0.5) is 0 Å². The number of hydrogen-bond acceptors (Lipinski definition) is 3. The first-order valence-corrected chi connectivity index (χ1v) is 9.26. The van der Waals surface area contributed by atoms with E-state index in [2.05, 4.69) is 4.98 Å². The van der Waals surface area contributed by atoms with Crippen LogP contribution in [0.1, 0.15) is 50.1 Å². The van der Waals surface area contributed by atoms with Gasteiger partial charge in [0, 0.05) is 32.0 Å². The number of aromatic nitrogens is 1. The molecule has 3 heterocycles. The summed E-state index contributed by atoms with van der Waals surface area (Å²) in [4.78, 5) is 4.03. The molecule has 2 saturated heterocycles. The van der Waals surface area contributed by atoms with Crippen molar-refractivity contribution in [3.63, 3.8) is 0 Å². The highest BCUT2D eigenvalue weighted by Gasteiger charge is 2.38. The van der Waals surface area contributed by atoms with Crippen LogP contribution in [0.5, 0.6) is 0 Å². The summed E-state index contributed by atoms with van der Waals surface area (Å²) >= 11 is 0. The van der Waals surface area contributed by atoms with Crippen molar-refractivity contribution in [2.45, 2.75) is 44.6 Å². The van der Waals surface area contributed by atoms with Crippen LogP contribution in [-0.4, -0.2) is 41.6 Å². The Labute approximate surface area is 127 Å². The van der Waals surface area contributed by atoms with Gasteiger partial charge in [-0.15, -0.1) is 0 Å². The molecule has 21 heavy (non-hydrogen) atoms. The second kappa shape index (κ2) is 6.42. The van der Waals surface area contributed by atoms with Gasteiger partial charge in [0.25, 0.3) is 10.2 Å². The first kappa shape index (κ1) is 14.9. The predicted octanol–water partition coefficient (Wildman–Crippen LogP) is 2.34. The van der Waals surface area contributed by atoms with Gasteiger partial charge in [0.1, 0.15) is 0 Å². The Bertz CT molecular complexity index is 554. The molecule has 0 aromatic carbocycles. The second-order valence-electron chi connectivity index (χ2n) is 5.87. The lowest BCUT2D eigenvalue weighted by Crippen LogP contribution is -2.43. The minimum atomic E-state index is -3.34. The maximum Gasteiger partial charge on any atom is 0.282 e. The van der Waals surface area contributed by atoms with E-state index in [-0.39, 0.29) is 6.04 Å². The molecular weight excluding hydrogens is 286 g/mol. The fraction of sp³-hybridized carbons (Fsp3) is 0.667. The van der Waals surface area contributed by atoms with Crippen molar-refractivity contribution in [3.05, 3.63) is 30.1 Å². The normalized spacial score (nSPS) is 25.8. The molecule has 3 rings (SSSR count). The lowest BCUT2D eigenvalue weighted by atomic mass is 10.1. The molecule has 2 fully saturated rings. The average molecular weight is 309 g/mol. The lowest BCUT2D eigenvalue weighted by Gasteiger charge is -2.30. The summed E-state index contributed by atoms with van der Waals surface area (Å²) in [5.41, 5.74) is 1.06. The third-order valence-corrected chi connectivity index (χ3v) is 6.53. The van der Waals surface area contributed by atoms with Crippen molar-refractivity contribution < 1.29 is 8.42 Å². The molecule has 1 unspecified atom stereocenters. The van der Waals surface area contributed by atoms with E-state index in [0.29, 0.717) is 19.6 Å². The van der Waals surface area contributed by atoms with Crippen molar-refractivity contribution in [3.8, 4) is 0 Å². The quantitative estimate of drug-likeness (QED) is 0.861. The molecule has 1 aromatic heterocycles. The Balaban J connectivity index is 1.83. The van der Waals surface area contributed by atoms with E-state index in [9.17, 15) is 8.42 Å². The molecule has 0 radical (unpaired) electrons. The summed E-state index contributed by atoms with van der Waals surface area (Å²) in [7, 11) is -3.34. The van der Waals surface area contributed by atoms with Gasteiger partial charge in [-0.25, -0.2) is 0 Å². The van der Waals surface area contributed by atoms with E-state index in [1.54, 1.807) is 21.0 Å². The highest BCUT2D eigenvalue weighted by Crippen LogP contribution is 2.35. The van der Waals surface area contributed by atoms with Crippen LogP contribution in [-0.2, 0) is 10.2 Å². The zero-order chi connectivity index (χ0) is 14.7. The van der Waals surface area contributed by atoms with E-state index in [1.165, 1.54) is 0 Å². The average Bonchev–Trinajstić information content (AvgIpc) is 2.84. The van der Waals surface area contributed by atoms with E-state index >= 15 is 0 Å². The first-order valence-electron chi connectivity index (χ1n) is 7.86. The van der Waals surface area contributed by atoms with Crippen molar-refractivity contribution in [1.29, 1.82) is 0 Å². The van der Waals surface area contributed by atoms with Crippen molar-refractivity contribution in [1.82, 2.24) is 13.6 Å². The fourth-order valence-electron chi connectivity index (χ4n) is 3.36. The first-order chi connectivity index (χ1) is 10.2. The van der Waals surface area contributed by atoms with Crippen LogP contribution in [0.2, 0.25) is 0 Å². The fourth-order valence-corrected chi connectivity index (χ4v) is 5.28. The van der Waals surface area contributed by atoms with Crippen LogP contribution in [0, 0.1) is 0 Å². The van der Waals surface area contributed by atoms with Crippen LogP contribution in [0.15, 0.2) is 24.5 Å². The van der Waals surface area contributed by atoms with Crippen LogP contribution in [0.25, 0.3) is 0 Å². The van der Waals surface area contributed by atoms with Gasteiger partial charge in [0.2, 0.25) is 0 Å². The topological polar surface area (TPSA) is 53.5 Å². The molecule has 0 amide bonds. The van der Waals surface area contributed by atoms with Crippen molar-refractivity contribution >= 4 is 10.2 Å². The molecule has 0 spiro atoms. The number of pyridine rings is 1. The van der Waals surface area contributed by atoms with Crippen molar-refractivity contribution in [2.24, 2.45) is 0 Å². The van der Waals surface area contributed by atoms with E-state index < -0.39 is 10.2 Å². The molecule has 116 valence electrons. The van der Waals surface area contributed by atoms with Gasteiger partial charge in [-0.3, -0.25) is 4.98 Å². The van der Waals surface area contributed by atoms with Gasteiger partial charge in [-0.2, -0.15) is 17.0 Å². The van der Waals surface area contributed by atoms with Gasteiger partial charge in [-0.05, 0) is 43.4 Å². The van der Waals surface area contributed by atoms with Gasteiger partial charge in [-0.1, -0.05) is 12.8 Å². The molecule has 0 saturated carbocycles. The monoisotopic (exact) mass is 309 g/mol. The third kappa shape index (κ3) is 3.12. The number of hydrogen-bond donors (Lipinski definition) is 0. The summed E-state index contributed by atoms with van der Waals surface area (Å²) in [6, 6.07) is 3.84. The van der Waals surface area contributed by atoms with Crippen LogP contribution >= 0.6 is 0 Å². The standard InChI is InChI=1S/C15H23N3O2S/c19-21(20,17-11-3-1-2-4-12-17)18-13-5-6-15(18)14-7-9-16-10-8-14/h7-10,15H,1-6,11-13H2. The largest absolute Gasteiger partial charge is 0.282 e. The Morgan fingerprint density at radius 1 is 0.952 bits per heavy atom. The highest BCUT2D eigenvalue weighted by atomic mass is 32.2. The van der Waals surface area contributed by atoms with Crippen LogP contribution < -0.4 is 0 Å². The summed E-state index contributed by atoms with van der Waals surface area (Å²) in [6.07, 6.45) is 9.55. The molecule has 6 heteroatoms. The maximum absolute atomic E-state index is 13.0. The molecule has 1 atom stereocenters. The number of nitrogens with zero attached hydrogens (tertiary/aromatic N) is 3. The van der Waals surface area contributed by atoms with Gasteiger partial charge in [0.15, 0.2) is 0 Å². The molecule has 0 bridgehead atoms. The van der Waals surface area contributed by atoms with E-state index in [0.717, 1.165) is 44.1 Å². The molecular formula is C15H23N3O2S. The summed E-state index contributed by atoms with van der Waals surface area (Å²) < 4.78 is 29.3. The Kier molecular flexibility index (Phi) is 4.57. The minimum absolute atomic E-state index is 0.0266. The Morgan fingerprint density at radius 3 is 2.29 bits per heavy atom. The summed E-state index contributed by atoms with van der Waals surface area (Å²) in [5, 5.41) is 0. The zero-order valence-corrected chi connectivity index (χ0v) is 13.1. The van der Waals surface area contributed by atoms with Gasteiger partial charge in [0.05, 0.1) is 6.04 Å². The predicted molar refractivity (Wildman–Crippen MR) is 81.9 cm³/mol. The Morgan fingerprint density at radius 2 is 1.62 bits per heavy atom. The lowest BCUT2D eigenvalue weighted by molar-refractivity contribution is 0.330. The molecule has 2 aliphatic rings. The SMILES string of the molecule is O=S(=O)(N1CCCCCC1)N1CCCC1c1ccncc1. The molecule has 2 aliphatic heterocycles. The van der Waals surface area contributed by atoms with E-state index in [4.69, 9.17) is 0 Å². The molecule has 0 aliphatic carbocycles.